The number of hydrogen-bond donors (Lipinski definition) is 3. The Labute approximate surface area is 125 Å². The Hall–Kier alpha value is -1.69. The van der Waals surface area contributed by atoms with Gasteiger partial charge in [0, 0.05) is 11.7 Å². The van der Waals surface area contributed by atoms with E-state index in [1.165, 1.54) is 32.1 Å². The first-order chi connectivity index (χ1) is 9.65. The minimum Gasteiger partial charge on any atom is -0.380 e. The number of aromatic nitrogens is 1. The second-order valence-corrected chi connectivity index (χ2v) is 5.49. The predicted octanol–water partition coefficient (Wildman–Crippen LogP) is 1.81. The molecule has 0 aromatic carbocycles. The molecule has 1 aliphatic carbocycles. The van der Waals surface area contributed by atoms with Crippen molar-refractivity contribution in [2.24, 2.45) is 10.8 Å². The highest BCUT2D eigenvalue weighted by atomic mass is 32.1. The van der Waals surface area contributed by atoms with Gasteiger partial charge in [0.1, 0.15) is 5.69 Å². The Bertz CT molecular complexity index is 494. The number of rotatable bonds is 3. The molecule has 1 fully saturated rings. The number of amidine groups is 1. The van der Waals surface area contributed by atoms with Crippen molar-refractivity contribution in [3.8, 4) is 0 Å². The number of nitrogens with one attached hydrogen (secondary N) is 2. The molecule has 0 spiro atoms. The van der Waals surface area contributed by atoms with Crippen molar-refractivity contribution in [1.82, 2.24) is 15.7 Å². The van der Waals surface area contributed by atoms with Crippen LogP contribution in [0.25, 0.3) is 0 Å². The van der Waals surface area contributed by atoms with E-state index >= 15 is 0 Å². The van der Waals surface area contributed by atoms with Crippen molar-refractivity contribution in [3.05, 3.63) is 29.6 Å². The van der Waals surface area contributed by atoms with E-state index in [2.05, 4.69) is 20.8 Å². The summed E-state index contributed by atoms with van der Waals surface area (Å²) >= 11 is 5.22. The standard InChI is InChI=1S/C14H21N5S/c1-10-6-5-9-12(16-10)13(15)18-19-14(20)17-11-7-3-2-4-8-11/h5-6,9,11H,2-4,7-8H2,1H3,(H2,15,18)(H2,17,19,20). The molecule has 1 aromatic rings. The number of hydrazone groups is 1. The van der Waals surface area contributed by atoms with Crippen LogP contribution in [0.2, 0.25) is 0 Å². The predicted molar refractivity (Wildman–Crippen MR) is 85.4 cm³/mol. The maximum atomic E-state index is 5.88. The zero-order valence-electron chi connectivity index (χ0n) is 11.7. The van der Waals surface area contributed by atoms with Crippen LogP contribution in [0.1, 0.15) is 43.5 Å². The van der Waals surface area contributed by atoms with Crippen molar-refractivity contribution in [3.63, 3.8) is 0 Å². The Balaban J connectivity index is 1.86. The molecular weight excluding hydrogens is 270 g/mol. The van der Waals surface area contributed by atoms with Crippen molar-refractivity contribution in [2.75, 3.05) is 0 Å². The Morgan fingerprint density at radius 2 is 2.10 bits per heavy atom. The third-order valence-corrected chi connectivity index (χ3v) is 3.58. The first-order valence-electron chi connectivity index (χ1n) is 6.99. The number of thiocarbonyl (C=S) groups is 1. The molecule has 2 rings (SSSR count). The normalized spacial score (nSPS) is 16.8. The molecular formula is C14H21N5S. The van der Waals surface area contributed by atoms with Crippen LogP contribution in [-0.2, 0) is 0 Å². The van der Waals surface area contributed by atoms with Gasteiger partial charge in [-0.2, -0.15) is 5.10 Å². The summed E-state index contributed by atoms with van der Waals surface area (Å²) in [5.74, 6) is 0.335. The number of pyridine rings is 1. The molecule has 108 valence electrons. The highest BCUT2D eigenvalue weighted by Crippen LogP contribution is 2.17. The molecule has 0 aliphatic heterocycles. The minimum atomic E-state index is 0.335. The molecule has 1 heterocycles. The van der Waals surface area contributed by atoms with Crippen LogP contribution in [0.5, 0.6) is 0 Å². The van der Waals surface area contributed by atoms with Gasteiger partial charge in [-0.3, -0.25) is 5.43 Å². The molecule has 0 amide bonds. The van der Waals surface area contributed by atoms with Gasteiger partial charge in [-0.25, -0.2) is 4.98 Å². The van der Waals surface area contributed by atoms with Crippen molar-refractivity contribution < 1.29 is 0 Å². The minimum absolute atomic E-state index is 0.335. The second-order valence-electron chi connectivity index (χ2n) is 5.08. The van der Waals surface area contributed by atoms with Gasteiger partial charge in [0.25, 0.3) is 0 Å². The molecule has 0 unspecified atom stereocenters. The van der Waals surface area contributed by atoms with Crippen molar-refractivity contribution in [1.29, 1.82) is 0 Å². The van der Waals surface area contributed by atoms with Gasteiger partial charge in [0.2, 0.25) is 0 Å². The van der Waals surface area contributed by atoms with E-state index in [0.717, 1.165) is 5.69 Å². The maximum Gasteiger partial charge on any atom is 0.187 e. The van der Waals surface area contributed by atoms with E-state index in [-0.39, 0.29) is 0 Å². The lowest BCUT2D eigenvalue weighted by Gasteiger charge is -2.23. The highest BCUT2D eigenvalue weighted by Gasteiger charge is 2.13. The van der Waals surface area contributed by atoms with Crippen LogP contribution in [-0.4, -0.2) is 22.0 Å². The van der Waals surface area contributed by atoms with Gasteiger partial charge in [0.05, 0.1) is 0 Å². The number of hydrogen-bond acceptors (Lipinski definition) is 3. The van der Waals surface area contributed by atoms with Crippen LogP contribution < -0.4 is 16.5 Å². The summed E-state index contributed by atoms with van der Waals surface area (Å²) in [5, 5.41) is 7.87. The smallest absolute Gasteiger partial charge is 0.187 e. The number of nitrogens with zero attached hydrogens (tertiary/aromatic N) is 2. The van der Waals surface area contributed by atoms with Gasteiger partial charge in [-0.05, 0) is 44.1 Å². The van der Waals surface area contributed by atoms with Crippen LogP contribution in [0.4, 0.5) is 0 Å². The third kappa shape index (κ3) is 4.45. The van der Waals surface area contributed by atoms with Crippen molar-refractivity contribution in [2.45, 2.75) is 45.1 Å². The summed E-state index contributed by atoms with van der Waals surface area (Å²) in [5.41, 5.74) is 10.2. The fourth-order valence-corrected chi connectivity index (χ4v) is 2.53. The molecule has 1 aromatic heterocycles. The van der Waals surface area contributed by atoms with E-state index < -0.39 is 0 Å². The number of nitrogens with two attached hydrogens (primary N) is 1. The van der Waals surface area contributed by atoms with Gasteiger partial charge < -0.3 is 11.1 Å². The van der Waals surface area contributed by atoms with Crippen LogP contribution >= 0.6 is 12.2 Å². The van der Waals surface area contributed by atoms with E-state index in [1.807, 2.05) is 25.1 Å². The van der Waals surface area contributed by atoms with Gasteiger partial charge >= 0.3 is 0 Å². The van der Waals surface area contributed by atoms with Crippen LogP contribution in [0.15, 0.2) is 23.3 Å². The summed E-state index contributed by atoms with van der Waals surface area (Å²) < 4.78 is 0. The fourth-order valence-electron chi connectivity index (χ4n) is 2.32. The lowest BCUT2D eigenvalue weighted by Crippen LogP contribution is -2.41. The molecule has 5 nitrogen and oxygen atoms in total. The van der Waals surface area contributed by atoms with E-state index in [4.69, 9.17) is 18.0 Å². The molecule has 4 N–H and O–H groups in total. The summed E-state index contributed by atoms with van der Waals surface area (Å²) in [6.45, 7) is 1.92. The topological polar surface area (TPSA) is 75.3 Å². The molecule has 0 radical (unpaired) electrons. The molecule has 20 heavy (non-hydrogen) atoms. The SMILES string of the molecule is Cc1cccc(/C(N)=N/NC(=S)NC2CCCCC2)n1. The average Bonchev–Trinajstić information content (AvgIpc) is 2.46. The van der Waals surface area contributed by atoms with Crippen LogP contribution in [0, 0.1) is 6.92 Å². The van der Waals surface area contributed by atoms with Crippen molar-refractivity contribution >= 4 is 23.2 Å². The monoisotopic (exact) mass is 291 g/mol. The zero-order valence-corrected chi connectivity index (χ0v) is 12.5. The summed E-state index contributed by atoms with van der Waals surface area (Å²) in [6, 6.07) is 6.10. The molecule has 6 heteroatoms. The molecule has 0 saturated heterocycles. The first-order valence-corrected chi connectivity index (χ1v) is 7.39. The maximum absolute atomic E-state index is 5.88. The Morgan fingerprint density at radius 3 is 2.80 bits per heavy atom. The van der Waals surface area contributed by atoms with E-state index in [9.17, 15) is 0 Å². The second kappa shape index (κ2) is 7.19. The van der Waals surface area contributed by atoms with E-state index in [0.29, 0.717) is 22.7 Å². The van der Waals surface area contributed by atoms with Gasteiger partial charge in [-0.15, -0.1) is 0 Å². The molecule has 0 bridgehead atoms. The Morgan fingerprint density at radius 1 is 1.35 bits per heavy atom. The fraction of sp³-hybridized carbons (Fsp3) is 0.500. The molecule has 1 saturated carbocycles. The van der Waals surface area contributed by atoms with Gasteiger partial charge in [-0.1, -0.05) is 25.3 Å². The number of aryl methyl sites for hydroxylation is 1. The van der Waals surface area contributed by atoms with Gasteiger partial charge in [0.15, 0.2) is 10.9 Å². The van der Waals surface area contributed by atoms with Crippen LogP contribution in [0.3, 0.4) is 0 Å². The zero-order chi connectivity index (χ0) is 14.4. The largest absolute Gasteiger partial charge is 0.380 e. The Kier molecular flexibility index (Phi) is 5.29. The molecule has 1 aliphatic rings. The molecule has 0 atom stereocenters. The quantitative estimate of drug-likeness (QED) is 0.343. The average molecular weight is 291 g/mol. The van der Waals surface area contributed by atoms with E-state index in [1.54, 1.807) is 0 Å². The first kappa shape index (κ1) is 14.7. The summed E-state index contributed by atoms with van der Waals surface area (Å²) in [6.07, 6.45) is 6.18. The highest BCUT2D eigenvalue weighted by molar-refractivity contribution is 7.80. The third-order valence-electron chi connectivity index (χ3n) is 3.37. The lowest BCUT2D eigenvalue weighted by molar-refractivity contribution is 0.412. The lowest BCUT2D eigenvalue weighted by atomic mass is 9.96. The summed E-state index contributed by atoms with van der Waals surface area (Å²) in [7, 11) is 0. The summed E-state index contributed by atoms with van der Waals surface area (Å²) in [4.78, 5) is 4.31.